The van der Waals surface area contributed by atoms with E-state index in [1.807, 2.05) is 48.5 Å². The van der Waals surface area contributed by atoms with E-state index in [1.54, 1.807) is 6.92 Å². The third-order valence-electron chi connectivity index (χ3n) is 3.72. The molecule has 0 aromatic heterocycles. The first-order chi connectivity index (χ1) is 11.6. The molecule has 0 aliphatic carbocycles. The first-order valence-electron chi connectivity index (χ1n) is 8.15. The van der Waals surface area contributed by atoms with Crippen molar-refractivity contribution >= 4 is 23.4 Å². The van der Waals surface area contributed by atoms with E-state index in [4.69, 9.17) is 16.3 Å². The van der Waals surface area contributed by atoms with Gasteiger partial charge in [0.25, 0.3) is 0 Å². The maximum Gasteiger partial charge on any atom is 0.305 e. The third-order valence-corrected chi connectivity index (χ3v) is 3.98. The summed E-state index contributed by atoms with van der Waals surface area (Å²) in [4.78, 5) is 23.4. The zero-order valence-electron chi connectivity index (χ0n) is 13.8. The lowest BCUT2D eigenvalue weighted by Gasteiger charge is -2.05. The molecular weight excluding hydrogens is 324 g/mol. The molecule has 2 rings (SSSR count). The van der Waals surface area contributed by atoms with Crippen molar-refractivity contribution in [3.8, 4) is 11.1 Å². The van der Waals surface area contributed by atoms with E-state index in [0.29, 0.717) is 42.9 Å². The Balaban J connectivity index is 1.85. The summed E-state index contributed by atoms with van der Waals surface area (Å²) in [5.41, 5.74) is 2.81. The highest BCUT2D eigenvalue weighted by Crippen LogP contribution is 2.22. The molecule has 0 atom stereocenters. The second-order valence-electron chi connectivity index (χ2n) is 5.52. The van der Waals surface area contributed by atoms with Gasteiger partial charge < -0.3 is 4.74 Å². The summed E-state index contributed by atoms with van der Waals surface area (Å²) in [7, 11) is 0. The van der Waals surface area contributed by atoms with E-state index < -0.39 is 0 Å². The number of hydrogen-bond acceptors (Lipinski definition) is 3. The van der Waals surface area contributed by atoms with Crippen LogP contribution in [0, 0.1) is 0 Å². The van der Waals surface area contributed by atoms with E-state index in [1.165, 1.54) is 0 Å². The number of ketones is 1. The van der Waals surface area contributed by atoms with Crippen LogP contribution in [0.4, 0.5) is 0 Å². The van der Waals surface area contributed by atoms with Gasteiger partial charge in [-0.2, -0.15) is 0 Å². The highest BCUT2D eigenvalue weighted by Gasteiger charge is 2.08. The summed E-state index contributed by atoms with van der Waals surface area (Å²) in [6, 6.07) is 15.2. The van der Waals surface area contributed by atoms with Crippen molar-refractivity contribution in [3.63, 3.8) is 0 Å². The summed E-state index contributed by atoms with van der Waals surface area (Å²) >= 11 is 5.89. The molecule has 0 radical (unpaired) electrons. The Morgan fingerprint density at radius 2 is 1.42 bits per heavy atom. The molecule has 0 bridgehead atoms. The van der Waals surface area contributed by atoms with Crippen LogP contribution in [0.25, 0.3) is 11.1 Å². The number of carbonyl (C=O) groups excluding carboxylic acids is 2. The smallest absolute Gasteiger partial charge is 0.305 e. The number of carbonyl (C=O) groups is 2. The Labute approximate surface area is 147 Å². The molecule has 3 nitrogen and oxygen atoms in total. The van der Waals surface area contributed by atoms with Gasteiger partial charge in [-0.15, -0.1) is 0 Å². The van der Waals surface area contributed by atoms with Crippen LogP contribution >= 0.6 is 11.6 Å². The van der Waals surface area contributed by atoms with Crippen molar-refractivity contribution in [2.45, 2.75) is 32.6 Å². The Hall–Kier alpha value is -2.13. The summed E-state index contributed by atoms with van der Waals surface area (Å²) in [5, 5.41) is 0.702. The predicted octanol–water partition coefficient (Wildman–Crippen LogP) is 5.31. The molecule has 0 heterocycles. The number of hydrogen-bond donors (Lipinski definition) is 0. The molecule has 0 saturated carbocycles. The van der Waals surface area contributed by atoms with E-state index in [-0.39, 0.29) is 11.8 Å². The molecule has 24 heavy (non-hydrogen) atoms. The van der Waals surface area contributed by atoms with Crippen LogP contribution in [-0.4, -0.2) is 18.4 Å². The second kappa shape index (κ2) is 9.24. The van der Waals surface area contributed by atoms with E-state index >= 15 is 0 Å². The van der Waals surface area contributed by atoms with Crippen LogP contribution in [0.15, 0.2) is 48.5 Å². The monoisotopic (exact) mass is 344 g/mol. The molecule has 126 valence electrons. The van der Waals surface area contributed by atoms with Crippen molar-refractivity contribution < 1.29 is 14.3 Å². The fraction of sp³-hybridized carbons (Fsp3) is 0.300. The molecule has 2 aromatic carbocycles. The van der Waals surface area contributed by atoms with Gasteiger partial charge in [0.1, 0.15) is 0 Å². The van der Waals surface area contributed by atoms with Crippen molar-refractivity contribution in [2.75, 3.05) is 6.61 Å². The average molecular weight is 345 g/mol. The van der Waals surface area contributed by atoms with Gasteiger partial charge in [0.05, 0.1) is 6.61 Å². The van der Waals surface area contributed by atoms with Crippen LogP contribution in [-0.2, 0) is 9.53 Å². The second-order valence-corrected chi connectivity index (χ2v) is 5.96. The SMILES string of the molecule is CCOC(=O)CCCCC(=O)c1ccc(-c2ccc(Cl)cc2)cc1. The standard InChI is InChI=1S/C20H21ClO3/c1-2-24-20(23)6-4-3-5-19(22)17-9-7-15(8-10-17)16-11-13-18(21)14-12-16/h7-14H,2-6H2,1H3. The predicted molar refractivity (Wildman–Crippen MR) is 96.3 cm³/mol. The molecule has 0 spiro atoms. The minimum Gasteiger partial charge on any atom is -0.466 e. The Kier molecular flexibility index (Phi) is 7.01. The summed E-state index contributed by atoms with van der Waals surface area (Å²) in [6.45, 7) is 2.19. The van der Waals surface area contributed by atoms with Crippen LogP contribution in [0.3, 0.4) is 0 Å². The Bertz CT molecular complexity index is 675. The van der Waals surface area contributed by atoms with Gasteiger partial charge in [0.2, 0.25) is 0 Å². The van der Waals surface area contributed by atoms with Gasteiger partial charge in [-0.05, 0) is 43.0 Å². The molecule has 0 N–H and O–H groups in total. The van der Waals surface area contributed by atoms with Gasteiger partial charge >= 0.3 is 5.97 Å². The number of ether oxygens (including phenoxy) is 1. The zero-order chi connectivity index (χ0) is 17.4. The minimum atomic E-state index is -0.197. The van der Waals surface area contributed by atoms with Crippen LogP contribution in [0.5, 0.6) is 0 Å². The largest absolute Gasteiger partial charge is 0.466 e. The first kappa shape index (κ1) is 18.2. The van der Waals surface area contributed by atoms with Crippen LogP contribution in [0.2, 0.25) is 5.02 Å². The van der Waals surface area contributed by atoms with Gasteiger partial charge in [-0.25, -0.2) is 0 Å². The number of halogens is 1. The van der Waals surface area contributed by atoms with Crippen molar-refractivity contribution in [3.05, 3.63) is 59.1 Å². The van der Waals surface area contributed by atoms with Crippen LogP contribution in [0.1, 0.15) is 43.0 Å². The summed E-state index contributed by atoms with van der Waals surface area (Å²) in [5.74, 6) is -0.0984. The van der Waals surface area contributed by atoms with Crippen molar-refractivity contribution in [1.29, 1.82) is 0 Å². The normalized spacial score (nSPS) is 10.4. The Morgan fingerprint density at radius 1 is 0.875 bits per heavy atom. The summed E-state index contributed by atoms with van der Waals surface area (Å²) < 4.78 is 4.86. The fourth-order valence-corrected chi connectivity index (χ4v) is 2.55. The highest BCUT2D eigenvalue weighted by atomic mass is 35.5. The molecule has 0 unspecified atom stereocenters. The molecule has 0 aliphatic heterocycles. The lowest BCUT2D eigenvalue weighted by Crippen LogP contribution is -2.04. The quantitative estimate of drug-likeness (QED) is 0.370. The number of benzene rings is 2. The fourth-order valence-electron chi connectivity index (χ4n) is 2.42. The lowest BCUT2D eigenvalue weighted by atomic mass is 10.0. The third kappa shape index (κ3) is 5.50. The first-order valence-corrected chi connectivity index (χ1v) is 8.52. The topological polar surface area (TPSA) is 43.4 Å². The van der Waals surface area contributed by atoms with Crippen LogP contribution < -0.4 is 0 Å². The highest BCUT2D eigenvalue weighted by molar-refractivity contribution is 6.30. The molecule has 0 fully saturated rings. The number of unbranched alkanes of at least 4 members (excludes halogenated alkanes) is 1. The van der Waals surface area contributed by atoms with E-state index in [9.17, 15) is 9.59 Å². The molecule has 2 aromatic rings. The molecule has 0 saturated heterocycles. The molecule has 0 amide bonds. The summed E-state index contributed by atoms with van der Waals surface area (Å²) in [6.07, 6.45) is 2.18. The van der Waals surface area contributed by atoms with Gasteiger partial charge in [0, 0.05) is 23.4 Å². The average Bonchev–Trinajstić information content (AvgIpc) is 2.60. The number of esters is 1. The number of rotatable bonds is 8. The van der Waals surface area contributed by atoms with Gasteiger partial charge in [-0.3, -0.25) is 9.59 Å². The van der Waals surface area contributed by atoms with Crippen molar-refractivity contribution in [2.24, 2.45) is 0 Å². The van der Waals surface area contributed by atoms with Gasteiger partial charge in [-0.1, -0.05) is 48.0 Å². The maximum atomic E-state index is 12.2. The lowest BCUT2D eigenvalue weighted by molar-refractivity contribution is -0.143. The maximum absolute atomic E-state index is 12.2. The van der Waals surface area contributed by atoms with Gasteiger partial charge in [0.15, 0.2) is 5.78 Å². The molecular formula is C20H21ClO3. The Morgan fingerprint density at radius 3 is 2.00 bits per heavy atom. The van der Waals surface area contributed by atoms with Crippen molar-refractivity contribution in [1.82, 2.24) is 0 Å². The number of Topliss-reactive ketones (excluding diaryl/α,β-unsaturated/α-hetero) is 1. The molecule has 0 aliphatic rings. The zero-order valence-corrected chi connectivity index (χ0v) is 14.5. The molecule has 4 heteroatoms. The van der Waals surface area contributed by atoms with E-state index in [0.717, 1.165) is 11.1 Å². The minimum absolute atomic E-state index is 0.0986. The van der Waals surface area contributed by atoms with E-state index in [2.05, 4.69) is 0 Å².